The second-order valence-corrected chi connectivity index (χ2v) is 5.95. The molecule has 3 nitrogen and oxygen atoms in total. The lowest BCUT2D eigenvalue weighted by Crippen LogP contribution is -2.02. The Morgan fingerprint density at radius 1 is 1.40 bits per heavy atom. The normalized spacial score (nSPS) is 13.7. The van der Waals surface area contributed by atoms with Crippen molar-refractivity contribution in [2.75, 3.05) is 5.75 Å². The van der Waals surface area contributed by atoms with Crippen LogP contribution in [0.4, 0.5) is 4.39 Å². The fraction of sp³-hybridized carbons (Fsp3) is 0.333. The highest BCUT2D eigenvalue weighted by Gasteiger charge is 2.16. The molecule has 0 amide bonds. The zero-order chi connectivity index (χ0) is 11.5. The van der Waals surface area contributed by atoms with E-state index in [1.54, 1.807) is 12.1 Å². The smallest absolute Gasteiger partial charge is 0.232 e. The first-order valence-electron chi connectivity index (χ1n) is 4.24. The number of rotatable bonds is 4. The van der Waals surface area contributed by atoms with E-state index in [1.807, 2.05) is 0 Å². The van der Waals surface area contributed by atoms with E-state index in [2.05, 4.69) is 0 Å². The van der Waals surface area contributed by atoms with Gasteiger partial charge in [-0.3, -0.25) is 0 Å². The van der Waals surface area contributed by atoms with Crippen LogP contribution in [0.1, 0.15) is 18.2 Å². The summed E-state index contributed by atoms with van der Waals surface area (Å²) in [5, 5.41) is 9.29. The van der Waals surface area contributed by atoms with E-state index in [-0.39, 0.29) is 17.7 Å². The molecule has 1 N–H and O–H groups in total. The second kappa shape index (κ2) is 4.81. The fourth-order valence-electron chi connectivity index (χ4n) is 1.15. The summed E-state index contributed by atoms with van der Waals surface area (Å²) in [5.41, 5.74) is 0.0813. The molecule has 1 atom stereocenters. The Morgan fingerprint density at radius 2 is 2.00 bits per heavy atom. The second-order valence-electron chi connectivity index (χ2n) is 3.06. The molecule has 0 spiro atoms. The van der Waals surface area contributed by atoms with Crippen LogP contribution >= 0.6 is 10.7 Å². The van der Waals surface area contributed by atoms with E-state index in [1.165, 1.54) is 12.1 Å². The highest BCUT2D eigenvalue weighted by molar-refractivity contribution is 8.13. The molecule has 0 fully saturated rings. The monoisotopic (exact) mass is 252 g/mol. The Kier molecular flexibility index (Phi) is 3.93. The van der Waals surface area contributed by atoms with Gasteiger partial charge in [-0.05, 0) is 12.5 Å². The summed E-state index contributed by atoms with van der Waals surface area (Å²) in [5.74, 6) is -0.638. The number of para-hydroxylation sites is 1. The van der Waals surface area contributed by atoms with E-state index in [0.29, 0.717) is 0 Å². The van der Waals surface area contributed by atoms with Crippen molar-refractivity contribution in [1.82, 2.24) is 0 Å². The third-order valence-corrected chi connectivity index (χ3v) is 3.08. The predicted octanol–water partition coefficient (Wildman–Crippen LogP) is 2.36. The Labute approximate surface area is 91.9 Å². The predicted molar refractivity (Wildman–Crippen MR) is 56.2 cm³/mol. The number of aromatic hydroxyl groups is 1. The molecule has 6 heteroatoms. The molecule has 1 rings (SSSR count). The summed E-state index contributed by atoms with van der Waals surface area (Å²) >= 11 is 0. The van der Waals surface area contributed by atoms with Crippen LogP contribution in [0.2, 0.25) is 0 Å². The average Bonchev–Trinajstić information content (AvgIpc) is 2.14. The van der Waals surface area contributed by atoms with Gasteiger partial charge in [-0.2, -0.15) is 0 Å². The van der Waals surface area contributed by atoms with Crippen LogP contribution in [-0.2, 0) is 9.05 Å². The van der Waals surface area contributed by atoms with Gasteiger partial charge >= 0.3 is 0 Å². The van der Waals surface area contributed by atoms with Crippen molar-refractivity contribution >= 4 is 19.7 Å². The third kappa shape index (κ3) is 4.05. The van der Waals surface area contributed by atoms with Gasteiger partial charge in [0.05, 0.1) is 5.75 Å². The van der Waals surface area contributed by atoms with E-state index < -0.39 is 21.0 Å². The number of hydrogen-bond donors (Lipinski definition) is 1. The molecule has 0 radical (unpaired) electrons. The molecular formula is C9H10ClFO3S. The van der Waals surface area contributed by atoms with Gasteiger partial charge in [0.15, 0.2) is 0 Å². The number of benzene rings is 1. The van der Waals surface area contributed by atoms with Crippen LogP contribution in [0.25, 0.3) is 0 Å². The maximum absolute atomic E-state index is 13.4. The van der Waals surface area contributed by atoms with Gasteiger partial charge in [-0.15, -0.1) is 0 Å². The molecule has 0 heterocycles. The average molecular weight is 253 g/mol. The van der Waals surface area contributed by atoms with Gasteiger partial charge in [0.2, 0.25) is 9.05 Å². The number of phenols is 1. The summed E-state index contributed by atoms with van der Waals surface area (Å²) in [6, 6.07) is 5.87. The van der Waals surface area contributed by atoms with Gasteiger partial charge in [0.1, 0.15) is 11.9 Å². The quantitative estimate of drug-likeness (QED) is 0.837. The highest BCUT2D eigenvalue weighted by atomic mass is 35.7. The maximum Gasteiger partial charge on any atom is 0.232 e. The molecule has 0 saturated heterocycles. The highest BCUT2D eigenvalue weighted by Crippen LogP contribution is 2.29. The molecule has 1 aromatic rings. The number of hydrogen-bond acceptors (Lipinski definition) is 3. The van der Waals surface area contributed by atoms with Crippen molar-refractivity contribution < 1.29 is 17.9 Å². The number of phenolic OH excluding ortho intramolecular Hbond substituents is 1. The molecular weight excluding hydrogens is 243 g/mol. The number of alkyl halides is 1. The Balaban J connectivity index is 2.70. The van der Waals surface area contributed by atoms with Crippen LogP contribution in [0.5, 0.6) is 5.75 Å². The van der Waals surface area contributed by atoms with Crippen molar-refractivity contribution in [2.45, 2.75) is 12.6 Å². The van der Waals surface area contributed by atoms with E-state index in [4.69, 9.17) is 10.7 Å². The Morgan fingerprint density at radius 3 is 2.53 bits per heavy atom. The van der Waals surface area contributed by atoms with Gasteiger partial charge in [0.25, 0.3) is 0 Å². The summed E-state index contributed by atoms with van der Waals surface area (Å²) in [6.07, 6.45) is -1.79. The minimum Gasteiger partial charge on any atom is -0.508 e. The zero-order valence-electron chi connectivity index (χ0n) is 7.73. The van der Waals surface area contributed by atoms with Crippen LogP contribution in [0.15, 0.2) is 24.3 Å². The van der Waals surface area contributed by atoms with E-state index in [9.17, 15) is 17.9 Å². The molecule has 0 aromatic heterocycles. The lowest BCUT2D eigenvalue weighted by molar-refractivity contribution is 0.322. The molecule has 0 aliphatic rings. The van der Waals surface area contributed by atoms with Crippen molar-refractivity contribution in [3.05, 3.63) is 29.8 Å². The first-order chi connectivity index (χ1) is 6.90. The maximum atomic E-state index is 13.4. The molecule has 0 aliphatic carbocycles. The SMILES string of the molecule is O=S(=O)(Cl)CCC(F)c1ccccc1O. The van der Waals surface area contributed by atoms with Gasteiger partial charge in [0, 0.05) is 16.2 Å². The third-order valence-electron chi connectivity index (χ3n) is 1.89. The van der Waals surface area contributed by atoms with Crippen molar-refractivity contribution in [1.29, 1.82) is 0 Å². The Bertz CT molecular complexity index is 433. The summed E-state index contributed by atoms with van der Waals surface area (Å²) in [4.78, 5) is 0. The van der Waals surface area contributed by atoms with E-state index in [0.717, 1.165) is 0 Å². The minimum atomic E-state index is -3.69. The first-order valence-corrected chi connectivity index (χ1v) is 6.72. The molecule has 0 aliphatic heterocycles. The van der Waals surface area contributed by atoms with E-state index >= 15 is 0 Å². The topological polar surface area (TPSA) is 54.4 Å². The minimum absolute atomic E-state index is 0.0813. The molecule has 84 valence electrons. The van der Waals surface area contributed by atoms with Gasteiger partial charge in [-0.1, -0.05) is 18.2 Å². The summed E-state index contributed by atoms with van der Waals surface area (Å²) in [6.45, 7) is 0. The van der Waals surface area contributed by atoms with Gasteiger partial charge in [-0.25, -0.2) is 12.8 Å². The fourth-order valence-corrected chi connectivity index (χ4v) is 1.91. The molecule has 0 saturated carbocycles. The van der Waals surface area contributed by atoms with Crippen LogP contribution in [0.3, 0.4) is 0 Å². The van der Waals surface area contributed by atoms with Crippen molar-refractivity contribution in [2.24, 2.45) is 0 Å². The summed E-state index contributed by atoms with van der Waals surface area (Å²) in [7, 11) is 1.26. The molecule has 1 aromatic carbocycles. The van der Waals surface area contributed by atoms with Crippen LogP contribution in [0, 0.1) is 0 Å². The lowest BCUT2D eigenvalue weighted by atomic mass is 10.1. The van der Waals surface area contributed by atoms with Crippen molar-refractivity contribution in [3.8, 4) is 5.75 Å². The lowest BCUT2D eigenvalue weighted by Gasteiger charge is -2.08. The van der Waals surface area contributed by atoms with Gasteiger partial charge < -0.3 is 5.11 Å². The molecule has 0 bridgehead atoms. The van der Waals surface area contributed by atoms with Crippen LogP contribution in [-0.4, -0.2) is 19.3 Å². The first kappa shape index (κ1) is 12.3. The number of halogens is 2. The van der Waals surface area contributed by atoms with Crippen LogP contribution < -0.4 is 0 Å². The molecule has 15 heavy (non-hydrogen) atoms. The molecule has 1 unspecified atom stereocenters. The standard InChI is InChI=1S/C9H10ClFO3S/c10-15(13,14)6-5-8(11)7-3-1-2-4-9(7)12/h1-4,8,12H,5-6H2. The largest absolute Gasteiger partial charge is 0.508 e. The summed E-state index contributed by atoms with van der Waals surface area (Å²) < 4.78 is 34.6. The Hall–Kier alpha value is -0.810. The van der Waals surface area contributed by atoms with Crippen molar-refractivity contribution in [3.63, 3.8) is 0 Å². The zero-order valence-corrected chi connectivity index (χ0v) is 9.30.